The summed E-state index contributed by atoms with van der Waals surface area (Å²) in [7, 11) is -8.18. The van der Waals surface area contributed by atoms with E-state index < -0.39 is 19.2 Å². The predicted molar refractivity (Wildman–Crippen MR) is 65.0 cm³/mol. The largest absolute Gasteiger partial charge is 0.671 e. The van der Waals surface area contributed by atoms with Crippen molar-refractivity contribution in [2.24, 2.45) is 0 Å². The third-order valence-electron chi connectivity index (χ3n) is 1.66. The molecule has 7 nitrogen and oxygen atoms in total. The van der Waals surface area contributed by atoms with Crippen LogP contribution in [0.1, 0.15) is 12.5 Å². The zero-order chi connectivity index (χ0) is 14.4. The SMILES string of the molecule is CCO[Si](O)(O)O.Cc1ccc(S(=O)(=O)O)cc1. The Hall–Kier alpha value is -0.813. The summed E-state index contributed by atoms with van der Waals surface area (Å²) in [6.45, 7) is 3.52. The molecule has 1 aromatic carbocycles. The van der Waals surface area contributed by atoms with Crippen LogP contribution in [-0.4, -0.2) is 43.0 Å². The molecule has 0 bridgehead atoms. The minimum Gasteiger partial charge on any atom is -0.368 e. The highest BCUT2D eigenvalue weighted by atomic mass is 32.2. The lowest BCUT2D eigenvalue weighted by molar-refractivity contribution is 0.0687. The molecule has 0 unspecified atom stereocenters. The van der Waals surface area contributed by atoms with Crippen molar-refractivity contribution >= 4 is 19.2 Å². The first-order chi connectivity index (χ1) is 8.06. The van der Waals surface area contributed by atoms with E-state index in [1.807, 2.05) is 6.92 Å². The summed E-state index contributed by atoms with van der Waals surface area (Å²) in [4.78, 5) is 24.1. The van der Waals surface area contributed by atoms with E-state index in [9.17, 15) is 8.42 Å². The molecule has 0 aromatic heterocycles. The molecule has 9 heteroatoms. The summed E-state index contributed by atoms with van der Waals surface area (Å²) in [6.07, 6.45) is 0. The maximum atomic E-state index is 10.5. The number of benzene rings is 1. The third-order valence-corrected chi connectivity index (χ3v) is 3.20. The molecule has 1 aromatic rings. The molecule has 0 atom stereocenters. The Labute approximate surface area is 107 Å². The van der Waals surface area contributed by atoms with Gasteiger partial charge in [0.2, 0.25) is 0 Å². The van der Waals surface area contributed by atoms with Crippen molar-refractivity contribution in [1.82, 2.24) is 0 Å². The van der Waals surface area contributed by atoms with Gasteiger partial charge in [-0.05, 0) is 26.0 Å². The number of rotatable bonds is 3. The van der Waals surface area contributed by atoms with Crippen LogP contribution >= 0.6 is 0 Å². The highest BCUT2D eigenvalue weighted by molar-refractivity contribution is 7.85. The Balaban J connectivity index is 0.000000360. The molecule has 0 radical (unpaired) electrons. The summed E-state index contributed by atoms with van der Waals surface area (Å²) >= 11 is 0. The molecule has 0 heterocycles. The molecule has 104 valence electrons. The van der Waals surface area contributed by atoms with Crippen LogP contribution in [0.4, 0.5) is 0 Å². The van der Waals surface area contributed by atoms with Gasteiger partial charge in [0.05, 0.1) is 4.90 Å². The Morgan fingerprint density at radius 3 is 1.83 bits per heavy atom. The first-order valence-electron chi connectivity index (χ1n) is 4.91. The Bertz CT molecular complexity index is 449. The van der Waals surface area contributed by atoms with Gasteiger partial charge in [-0.1, -0.05) is 17.7 Å². The standard InChI is InChI=1S/C7H8O3S.C2H8O4Si/c1-6-2-4-7(5-3-6)11(8,9)10;1-2-6-7(3,4)5/h2-5H,1H3,(H,8,9,10);3-5H,2H2,1H3. The lowest BCUT2D eigenvalue weighted by atomic mass is 10.2. The van der Waals surface area contributed by atoms with Crippen LogP contribution < -0.4 is 0 Å². The molecule has 0 aliphatic heterocycles. The van der Waals surface area contributed by atoms with E-state index in [0.717, 1.165) is 5.56 Å². The van der Waals surface area contributed by atoms with Crippen molar-refractivity contribution in [3.63, 3.8) is 0 Å². The summed E-state index contributed by atoms with van der Waals surface area (Å²) in [6, 6.07) is 5.99. The van der Waals surface area contributed by atoms with Gasteiger partial charge in [-0.3, -0.25) is 4.55 Å². The van der Waals surface area contributed by atoms with Crippen LogP contribution in [0.15, 0.2) is 29.2 Å². The van der Waals surface area contributed by atoms with Gasteiger partial charge in [-0.2, -0.15) is 8.42 Å². The van der Waals surface area contributed by atoms with Crippen LogP contribution in [0.25, 0.3) is 0 Å². The molecule has 4 N–H and O–H groups in total. The smallest absolute Gasteiger partial charge is 0.368 e. The molecule has 18 heavy (non-hydrogen) atoms. The molecule has 0 saturated heterocycles. The van der Waals surface area contributed by atoms with E-state index in [-0.39, 0.29) is 11.5 Å². The monoisotopic (exact) mass is 296 g/mol. The van der Waals surface area contributed by atoms with Crippen molar-refractivity contribution in [3.05, 3.63) is 29.8 Å². The fourth-order valence-corrected chi connectivity index (χ4v) is 1.77. The Kier molecular flexibility index (Phi) is 6.63. The van der Waals surface area contributed by atoms with Gasteiger partial charge >= 0.3 is 9.05 Å². The minimum atomic E-state index is -4.16. The lowest BCUT2D eigenvalue weighted by Gasteiger charge is -2.05. The summed E-state index contributed by atoms with van der Waals surface area (Å²) in [5.41, 5.74) is 0.956. The van der Waals surface area contributed by atoms with Gasteiger partial charge in [0.25, 0.3) is 10.1 Å². The second kappa shape index (κ2) is 6.94. The molecule has 0 saturated carbocycles. The van der Waals surface area contributed by atoms with Gasteiger partial charge in [0, 0.05) is 6.61 Å². The van der Waals surface area contributed by atoms with Crippen LogP contribution in [0.5, 0.6) is 0 Å². The van der Waals surface area contributed by atoms with Crippen molar-refractivity contribution in [1.29, 1.82) is 0 Å². The average Bonchev–Trinajstić information content (AvgIpc) is 2.15. The second-order valence-corrected chi connectivity index (χ2v) is 6.15. The van der Waals surface area contributed by atoms with Crippen molar-refractivity contribution in [2.45, 2.75) is 18.7 Å². The van der Waals surface area contributed by atoms with Gasteiger partial charge in [0.1, 0.15) is 0 Å². The maximum Gasteiger partial charge on any atom is 0.671 e. The van der Waals surface area contributed by atoms with E-state index in [0.29, 0.717) is 0 Å². The summed E-state index contributed by atoms with van der Waals surface area (Å²) in [5, 5.41) is 0. The maximum absolute atomic E-state index is 10.5. The van der Waals surface area contributed by atoms with Crippen molar-refractivity contribution in [3.8, 4) is 0 Å². The summed E-state index contributed by atoms with van der Waals surface area (Å²) in [5.74, 6) is 0. The fraction of sp³-hybridized carbons (Fsp3) is 0.333. The first-order valence-corrected chi connectivity index (χ1v) is 8.10. The molecular formula is C9H16O7SSi. The molecule has 0 aliphatic carbocycles. The minimum absolute atomic E-state index is 0.0666. The molecule has 0 fully saturated rings. The van der Waals surface area contributed by atoms with E-state index in [1.165, 1.54) is 12.1 Å². The quantitative estimate of drug-likeness (QED) is 0.445. The zero-order valence-corrected chi connectivity index (χ0v) is 11.8. The average molecular weight is 296 g/mol. The molecular weight excluding hydrogens is 280 g/mol. The second-order valence-electron chi connectivity index (χ2n) is 3.29. The fourth-order valence-electron chi connectivity index (χ4n) is 0.904. The Morgan fingerprint density at radius 2 is 1.61 bits per heavy atom. The van der Waals surface area contributed by atoms with E-state index in [1.54, 1.807) is 19.1 Å². The lowest BCUT2D eigenvalue weighted by Crippen LogP contribution is -2.38. The van der Waals surface area contributed by atoms with Crippen LogP contribution in [0.3, 0.4) is 0 Å². The van der Waals surface area contributed by atoms with Gasteiger partial charge < -0.3 is 18.8 Å². The van der Waals surface area contributed by atoms with Crippen LogP contribution in [0, 0.1) is 6.92 Å². The highest BCUT2D eigenvalue weighted by Crippen LogP contribution is 2.08. The molecule has 0 spiro atoms. The highest BCUT2D eigenvalue weighted by Gasteiger charge is 2.29. The third kappa shape index (κ3) is 8.30. The van der Waals surface area contributed by atoms with Gasteiger partial charge in [-0.25, -0.2) is 0 Å². The van der Waals surface area contributed by atoms with Gasteiger partial charge in [-0.15, -0.1) is 0 Å². The van der Waals surface area contributed by atoms with E-state index in [2.05, 4.69) is 4.43 Å². The van der Waals surface area contributed by atoms with E-state index in [4.69, 9.17) is 18.9 Å². The predicted octanol–water partition coefficient (Wildman–Crippen LogP) is -0.323. The first kappa shape index (κ1) is 17.2. The molecule has 1 rings (SSSR count). The van der Waals surface area contributed by atoms with Crippen LogP contribution in [-0.2, 0) is 14.5 Å². The molecule has 0 amide bonds. The number of aryl methyl sites for hydroxylation is 1. The number of hydrogen-bond acceptors (Lipinski definition) is 6. The Morgan fingerprint density at radius 1 is 1.17 bits per heavy atom. The topological polar surface area (TPSA) is 124 Å². The molecule has 0 aliphatic rings. The van der Waals surface area contributed by atoms with Crippen molar-refractivity contribution in [2.75, 3.05) is 6.61 Å². The normalized spacial score (nSPS) is 11.7. The number of hydrogen-bond donors (Lipinski definition) is 4. The summed E-state index contributed by atoms with van der Waals surface area (Å²) < 4.78 is 33.6. The van der Waals surface area contributed by atoms with Gasteiger partial charge in [0.15, 0.2) is 0 Å². The van der Waals surface area contributed by atoms with Crippen LogP contribution in [0.2, 0.25) is 0 Å². The zero-order valence-electron chi connectivity index (χ0n) is 9.94. The van der Waals surface area contributed by atoms with Crippen molar-refractivity contribution < 1.29 is 31.8 Å². The van der Waals surface area contributed by atoms with E-state index >= 15 is 0 Å².